The molecule has 0 amide bonds. The fourth-order valence-electron chi connectivity index (χ4n) is 2.90. The van der Waals surface area contributed by atoms with E-state index in [0.29, 0.717) is 23.9 Å². The predicted molar refractivity (Wildman–Crippen MR) is 76.0 cm³/mol. The molecule has 2 atom stereocenters. The molecule has 1 aromatic carbocycles. The normalized spacial score (nSPS) is 23.0. The zero-order valence-electron chi connectivity index (χ0n) is 11.1. The molecular formula is C15H19N3O. The van der Waals surface area contributed by atoms with Crippen molar-refractivity contribution >= 4 is 10.9 Å². The van der Waals surface area contributed by atoms with E-state index in [9.17, 15) is 4.79 Å². The average molecular weight is 257 g/mol. The molecule has 4 nitrogen and oxygen atoms in total. The van der Waals surface area contributed by atoms with Crippen molar-refractivity contribution in [3.05, 3.63) is 40.4 Å². The largest absolute Gasteiger partial charge is 0.309 e. The molecule has 0 bridgehead atoms. The van der Waals surface area contributed by atoms with Crippen molar-refractivity contribution < 1.29 is 0 Å². The Hall–Kier alpha value is -1.68. The Morgan fingerprint density at radius 1 is 1.37 bits per heavy atom. The Morgan fingerprint density at radius 2 is 2.21 bits per heavy atom. The summed E-state index contributed by atoms with van der Waals surface area (Å²) in [6, 6.07) is 8.00. The van der Waals surface area contributed by atoms with Crippen LogP contribution in [0.1, 0.15) is 32.0 Å². The SMILES string of the molecule is CC1CCCC1NCc1nc2ccccc2c(=O)[nH]1. The van der Waals surface area contributed by atoms with Crippen molar-refractivity contribution in [1.29, 1.82) is 0 Å². The average Bonchev–Trinajstić information content (AvgIpc) is 2.82. The van der Waals surface area contributed by atoms with Crippen LogP contribution in [0.5, 0.6) is 0 Å². The third-order valence-electron chi connectivity index (χ3n) is 4.06. The predicted octanol–water partition coefficient (Wildman–Crippen LogP) is 2.20. The number of aromatic amines is 1. The molecule has 1 fully saturated rings. The van der Waals surface area contributed by atoms with Gasteiger partial charge in [0.05, 0.1) is 17.4 Å². The summed E-state index contributed by atoms with van der Waals surface area (Å²) >= 11 is 0. The molecule has 100 valence electrons. The van der Waals surface area contributed by atoms with E-state index in [1.165, 1.54) is 19.3 Å². The van der Waals surface area contributed by atoms with Gasteiger partial charge in [0.15, 0.2) is 0 Å². The van der Waals surface area contributed by atoms with Gasteiger partial charge in [0.1, 0.15) is 5.82 Å². The fourth-order valence-corrected chi connectivity index (χ4v) is 2.90. The molecule has 2 unspecified atom stereocenters. The van der Waals surface area contributed by atoms with E-state index in [2.05, 4.69) is 22.2 Å². The summed E-state index contributed by atoms with van der Waals surface area (Å²) in [6.07, 6.45) is 3.80. The van der Waals surface area contributed by atoms with Crippen molar-refractivity contribution in [2.45, 2.75) is 38.8 Å². The van der Waals surface area contributed by atoms with E-state index < -0.39 is 0 Å². The third kappa shape index (κ3) is 2.54. The van der Waals surface area contributed by atoms with Crippen LogP contribution in [0, 0.1) is 5.92 Å². The number of nitrogens with zero attached hydrogens (tertiary/aromatic N) is 1. The molecule has 1 heterocycles. The molecule has 1 aliphatic rings. The summed E-state index contributed by atoms with van der Waals surface area (Å²) < 4.78 is 0. The highest BCUT2D eigenvalue weighted by atomic mass is 16.1. The van der Waals surface area contributed by atoms with E-state index in [4.69, 9.17) is 0 Å². The van der Waals surface area contributed by atoms with Crippen molar-refractivity contribution in [3.63, 3.8) is 0 Å². The minimum Gasteiger partial charge on any atom is -0.309 e. The number of rotatable bonds is 3. The molecule has 1 aliphatic carbocycles. The van der Waals surface area contributed by atoms with Gasteiger partial charge in [-0.3, -0.25) is 4.79 Å². The van der Waals surface area contributed by atoms with Crippen molar-refractivity contribution in [2.24, 2.45) is 5.92 Å². The number of hydrogen-bond donors (Lipinski definition) is 2. The zero-order chi connectivity index (χ0) is 13.2. The van der Waals surface area contributed by atoms with Crippen molar-refractivity contribution in [1.82, 2.24) is 15.3 Å². The van der Waals surface area contributed by atoms with Crippen LogP contribution < -0.4 is 10.9 Å². The van der Waals surface area contributed by atoms with Crippen LogP contribution in [0.15, 0.2) is 29.1 Å². The molecule has 2 aromatic rings. The zero-order valence-corrected chi connectivity index (χ0v) is 11.1. The molecule has 2 N–H and O–H groups in total. The third-order valence-corrected chi connectivity index (χ3v) is 4.06. The number of nitrogens with one attached hydrogen (secondary N) is 2. The van der Waals surface area contributed by atoms with Gasteiger partial charge >= 0.3 is 0 Å². The number of para-hydroxylation sites is 1. The Labute approximate surface area is 112 Å². The maximum Gasteiger partial charge on any atom is 0.258 e. The van der Waals surface area contributed by atoms with Gasteiger partial charge in [0, 0.05) is 6.04 Å². The summed E-state index contributed by atoms with van der Waals surface area (Å²) in [4.78, 5) is 19.3. The molecule has 1 aromatic heterocycles. The molecule has 0 aliphatic heterocycles. The summed E-state index contributed by atoms with van der Waals surface area (Å²) in [7, 11) is 0. The van der Waals surface area contributed by atoms with Crippen LogP contribution >= 0.6 is 0 Å². The molecule has 4 heteroatoms. The Morgan fingerprint density at radius 3 is 3.00 bits per heavy atom. The van der Waals surface area contributed by atoms with Crippen LogP contribution in [0.3, 0.4) is 0 Å². The summed E-state index contributed by atoms with van der Waals surface area (Å²) in [6.45, 7) is 2.91. The number of hydrogen-bond acceptors (Lipinski definition) is 3. The number of H-pyrrole nitrogens is 1. The second-order valence-electron chi connectivity index (χ2n) is 5.43. The second-order valence-corrected chi connectivity index (χ2v) is 5.43. The first-order valence-electron chi connectivity index (χ1n) is 6.95. The Kier molecular flexibility index (Phi) is 3.34. The van der Waals surface area contributed by atoms with Gasteiger partial charge in [-0.1, -0.05) is 25.5 Å². The minimum atomic E-state index is -0.0538. The lowest BCUT2D eigenvalue weighted by Crippen LogP contribution is -2.31. The number of benzene rings is 1. The first kappa shape index (κ1) is 12.4. The van der Waals surface area contributed by atoms with E-state index in [-0.39, 0.29) is 5.56 Å². The lowest BCUT2D eigenvalue weighted by Gasteiger charge is -2.16. The molecule has 19 heavy (non-hydrogen) atoms. The van der Waals surface area contributed by atoms with Gasteiger partial charge in [0.2, 0.25) is 0 Å². The molecule has 1 saturated carbocycles. The standard InChI is InChI=1S/C15H19N3O/c1-10-5-4-8-12(10)16-9-14-17-13-7-3-2-6-11(13)15(19)18-14/h2-3,6-7,10,12,16H,4-5,8-9H2,1H3,(H,17,18,19). The Balaban J connectivity index is 1.80. The maximum atomic E-state index is 11.9. The molecule has 0 spiro atoms. The van der Waals surface area contributed by atoms with Gasteiger partial charge in [-0.25, -0.2) is 4.98 Å². The van der Waals surface area contributed by atoms with Crippen molar-refractivity contribution in [2.75, 3.05) is 0 Å². The molecular weight excluding hydrogens is 238 g/mol. The van der Waals surface area contributed by atoms with Gasteiger partial charge in [-0.05, 0) is 30.9 Å². The summed E-state index contributed by atoms with van der Waals surface area (Å²) in [5.41, 5.74) is 0.712. The fraction of sp³-hybridized carbons (Fsp3) is 0.467. The smallest absolute Gasteiger partial charge is 0.258 e. The van der Waals surface area contributed by atoms with E-state index in [1.54, 1.807) is 6.07 Å². The van der Waals surface area contributed by atoms with Crippen LogP contribution in [-0.2, 0) is 6.54 Å². The minimum absolute atomic E-state index is 0.0538. The monoisotopic (exact) mass is 257 g/mol. The molecule has 0 saturated heterocycles. The number of fused-ring (bicyclic) bond motifs is 1. The molecule has 3 rings (SSSR count). The van der Waals surface area contributed by atoms with E-state index >= 15 is 0 Å². The van der Waals surface area contributed by atoms with Gasteiger partial charge in [-0.2, -0.15) is 0 Å². The lowest BCUT2D eigenvalue weighted by atomic mass is 10.1. The highest BCUT2D eigenvalue weighted by Crippen LogP contribution is 2.24. The summed E-state index contributed by atoms with van der Waals surface area (Å²) in [5.74, 6) is 1.44. The Bertz CT molecular complexity index is 635. The second kappa shape index (κ2) is 5.13. The van der Waals surface area contributed by atoms with E-state index in [0.717, 1.165) is 11.3 Å². The van der Waals surface area contributed by atoms with Crippen LogP contribution in [-0.4, -0.2) is 16.0 Å². The topological polar surface area (TPSA) is 57.8 Å². The van der Waals surface area contributed by atoms with Crippen molar-refractivity contribution in [3.8, 4) is 0 Å². The van der Waals surface area contributed by atoms with Gasteiger partial charge in [0.25, 0.3) is 5.56 Å². The van der Waals surface area contributed by atoms with E-state index in [1.807, 2.05) is 18.2 Å². The highest BCUT2D eigenvalue weighted by molar-refractivity contribution is 5.77. The van der Waals surface area contributed by atoms with Gasteiger partial charge < -0.3 is 10.3 Å². The quantitative estimate of drug-likeness (QED) is 0.886. The van der Waals surface area contributed by atoms with Crippen LogP contribution in [0.25, 0.3) is 10.9 Å². The number of aromatic nitrogens is 2. The lowest BCUT2D eigenvalue weighted by molar-refractivity contribution is 0.421. The maximum absolute atomic E-state index is 11.9. The highest BCUT2D eigenvalue weighted by Gasteiger charge is 2.22. The van der Waals surface area contributed by atoms with Crippen LogP contribution in [0.2, 0.25) is 0 Å². The first-order chi connectivity index (χ1) is 9.24. The first-order valence-corrected chi connectivity index (χ1v) is 6.95. The summed E-state index contributed by atoms with van der Waals surface area (Å²) in [5, 5.41) is 4.16. The van der Waals surface area contributed by atoms with Crippen LogP contribution in [0.4, 0.5) is 0 Å². The molecule has 0 radical (unpaired) electrons. The van der Waals surface area contributed by atoms with Gasteiger partial charge in [-0.15, -0.1) is 0 Å².